The number of nitrogens with zero attached hydrogens (tertiary/aromatic N) is 2. The minimum atomic E-state index is -0.801. The van der Waals surface area contributed by atoms with Crippen LogP contribution in [0.5, 0.6) is 0 Å². The first-order valence-corrected chi connectivity index (χ1v) is 3.68. The number of nitriles is 1. The molecule has 13 heavy (non-hydrogen) atoms. The first-order chi connectivity index (χ1) is 6.09. The lowest BCUT2D eigenvalue weighted by Crippen LogP contribution is -2.24. The van der Waals surface area contributed by atoms with Gasteiger partial charge in [-0.15, -0.1) is 0 Å². The van der Waals surface area contributed by atoms with Gasteiger partial charge in [-0.25, -0.2) is 0 Å². The van der Waals surface area contributed by atoms with Gasteiger partial charge in [0.1, 0.15) is 5.54 Å². The Balaban J connectivity index is 2.39. The molecule has 1 rings (SSSR count). The van der Waals surface area contributed by atoms with E-state index in [1.807, 2.05) is 0 Å². The highest BCUT2D eigenvalue weighted by Gasteiger charge is 2.42. The summed E-state index contributed by atoms with van der Waals surface area (Å²) in [4.78, 5) is 9.18. The number of nitrogens with one attached hydrogen (secondary N) is 2. The first kappa shape index (κ1) is 9.19. The highest BCUT2D eigenvalue weighted by atomic mass is 16.6. The van der Waals surface area contributed by atoms with Gasteiger partial charge in [0.2, 0.25) is 0 Å². The van der Waals surface area contributed by atoms with E-state index in [1.165, 1.54) is 6.20 Å². The zero-order valence-electron chi connectivity index (χ0n) is 6.78. The summed E-state index contributed by atoms with van der Waals surface area (Å²) in [6, 6.07) is 2.05. The summed E-state index contributed by atoms with van der Waals surface area (Å²) >= 11 is 0. The normalized spacial score (nSPS) is 17.8. The van der Waals surface area contributed by atoms with Crippen LogP contribution < -0.4 is 5.32 Å². The third-order valence-electron chi connectivity index (χ3n) is 1.76. The number of hydrogen-bond donors (Lipinski definition) is 2. The highest BCUT2D eigenvalue weighted by molar-refractivity contribution is 5.82. The van der Waals surface area contributed by atoms with Gasteiger partial charge < -0.3 is 15.4 Å². The molecule has 0 aromatic heterocycles. The van der Waals surface area contributed by atoms with Crippen LogP contribution in [0.2, 0.25) is 0 Å². The maximum atomic E-state index is 9.98. The first-order valence-electron chi connectivity index (χ1n) is 3.68. The summed E-state index contributed by atoms with van der Waals surface area (Å²) in [5.74, 6) is -0.693. The molecule has 0 aromatic carbocycles. The van der Waals surface area contributed by atoms with Gasteiger partial charge in [0.05, 0.1) is 12.1 Å². The average Bonchev–Trinajstić information content (AvgIpc) is 2.85. The quantitative estimate of drug-likeness (QED) is 0.284. The fourth-order valence-corrected chi connectivity index (χ4v) is 0.754. The van der Waals surface area contributed by atoms with E-state index in [-0.39, 0.29) is 0 Å². The van der Waals surface area contributed by atoms with Crippen LogP contribution in [0.1, 0.15) is 12.8 Å². The molecule has 0 radical (unpaired) electrons. The second kappa shape index (κ2) is 3.23. The molecule has 2 N–H and O–H groups in total. The van der Waals surface area contributed by atoms with Crippen molar-refractivity contribution in [1.29, 1.82) is 10.7 Å². The molecule has 0 aromatic rings. The van der Waals surface area contributed by atoms with Crippen molar-refractivity contribution in [2.75, 3.05) is 0 Å². The van der Waals surface area contributed by atoms with Gasteiger partial charge in [-0.1, -0.05) is 5.41 Å². The van der Waals surface area contributed by atoms with Crippen LogP contribution in [-0.2, 0) is 0 Å². The van der Waals surface area contributed by atoms with E-state index in [2.05, 4.69) is 11.4 Å². The summed E-state index contributed by atoms with van der Waals surface area (Å²) in [6.07, 6.45) is 3.80. The predicted molar refractivity (Wildman–Crippen MR) is 44.6 cm³/mol. The fraction of sp³-hybridized carbons (Fsp3) is 0.429. The van der Waals surface area contributed by atoms with Gasteiger partial charge >= 0.3 is 5.84 Å². The average molecular weight is 180 g/mol. The lowest BCUT2D eigenvalue weighted by Gasteiger charge is -2.02. The van der Waals surface area contributed by atoms with E-state index in [0.717, 1.165) is 18.9 Å². The van der Waals surface area contributed by atoms with Crippen molar-refractivity contribution >= 4 is 5.84 Å². The van der Waals surface area contributed by atoms with Gasteiger partial charge in [-0.05, 0) is 17.8 Å². The van der Waals surface area contributed by atoms with Crippen LogP contribution in [0.15, 0.2) is 12.3 Å². The maximum Gasteiger partial charge on any atom is 0.357 e. The smallest absolute Gasteiger partial charge is 0.357 e. The molecule has 0 amide bonds. The second-order valence-corrected chi connectivity index (χ2v) is 2.81. The number of amidine groups is 1. The topological polar surface area (TPSA) is 103 Å². The minimum absolute atomic E-state index is 0.534. The molecule has 0 heterocycles. The summed E-state index contributed by atoms with van der Waals surface area (Å²) in [5.41, 5.74) is -0.534. The Hall–Kier alpha value is -1.90. The largest absolute Gasteiger partial charge is 0.373 e. The van der Waals surface area contributed by atoms with Gasteiger partial charge in [0.25, 0.3) is 0 Å². The molecule has 0 atom stereocenters. The van der Waals surface area contributed by atoms with Crippen molar-refractivity contribution in [3.05, 3.63) is 22.4 Å². The van der Waals surface area contributed by atoms with Crippen molar-refractivity contribution in [2.24, 2.45) is 0 Å². The Kier molecular flexibility index (Phi) is 2.28. The van der Waals surface area contributed by atoms with Crippen LogP contribution >= 0.6 is 0 Å². The van der Waals surface area contributed by atoms with E-state index >= 15 is 0 Å². The van der Waals surface area contributed by atoms with Crippen molar-refractivity contribution in [3.63, 3.8) is 0 Å². The van der Waals surface area contributed by atoms with Gasteiger partial charge in [0.15, 0.2) is 0 Å². The van der Waals surface area contributed by atoms with E-state index < -0.39 is 16.3 Å². The summed E-state index contributed by atoms with van der Waals surface area (Å²) in [6.45, 7) is 0. The molecular weight excluding hydrogens is 172 g/mol. The summed E-state index contributed by atoms with van der Waals surface area (Å²) < 4.78 is 0. The standard InChI is InChI=1S/C7H8N4O2/c8-5-7(2-3-7)10-4-1-6(9)11(12)13/h1,4,9-10H,2-3H2/b4-1-,9-6?. The van der Waals surface area contributed by atoms with Crippen LogP contribution in [0.4, 0.5) is 0 Å². The van der Waals surface area contributed by atoms with Gasteiger partial charge in [-0.3, -0.25) is 0 Å². The molecule has 0 bridgehead atoms. The third kappa shape index (κ3) is 2.27. The van der Waals surface area contributed by atoms with Crippen LogP contribution in [0.25, 0.3) is 0 Å². The molecule has 6 heteroatoms. The van der Waals surface area contributed by atoms with Crippen molar-refractivity contribution in [2.45, 2.75) is 18.4 Å². The van der Waals surface area contributed by atoms with Crippen molar-refractivity contribution in [3.8, 4) is 6.07 Å². The summed E-state index contributed by atoms with van der Waals surface area (Å²) in [5, 5.41) is 28.1. The Morgan fingerprint density at radius 3 is 2.77 bits per heavy atom. The van der Waals surface area contributed by atoms with Crippen LogP contribution in [0.3, 0.4) is 0 Å². The molecule has 1 saturated carbocycles. The lowest BCUT2D eigenvalue weighted by atomic mass is 10.3. The van der Waals surface area contributed by atoms with Gasteiger partial charge in [-0.2, -0.15) is 5.26 Å². The Morgan fingerprint density at radius 2 is 2.38 bits per heavy atom. The number of nitro groups is 1. The Bertz CT molecular complexity index is 311. The monoisotopic (exact) mass is 180 g/mol. The zero-order valence-corrected chi connectivity index (χ0v) is 6.78. The van der Waals surface area contributed by atoms with Gasteiger partial charge in [0, 0.05) is 6.20 Å². The third-order valence-corrected chi connectivity index (χ3v) is 1.76. The second-order valence-electron chi connectivity index (χ2n) is 2.81. The van der Waals surface area contributed by atoms with Crippen LogP contribution in [0, 0.1) is 26.9 Å². The maximum absolute atomic E-state index is 9.98. The van der Waals surface area contributed by atoms with Crippen molar-refractivity contribution in [1.82, 2.24) is 5.32 Å². The lowest BCUT2D eigenvalue weighted by molar-refractivity contribution is -0.349. The van der Waals surface area contributed by atoms with E-state index in [9.17, 15) is 10.1 Å². The molecular formula is C7H8N4O2. The molecule has 1 aliphatic carbocycles. The zero-order chi connectivity index (χ0) is 9.90. The fourth-order valence-electron chi connectivity index (χ4n) is 0.754. The molecule has 68 valence electrons. The predicted octanol–water partition coefficient (Wildman–Crippen LogP) is 0.400. The number of rotatable bonds is 3. The highest BCUT2D eigenvalue weighted by Crippen LogP contribution is 2.34. The minimum Gasteiger partial charge on any atom is -0.373 e. The molecule has 1 fully saturated rings. The molecule has 6 nitrogen and oxygen atoms in total. The molecule has 0 saturated heterocycles. The van der Waals surface area contributed by atoms with E-state index in [0.29, 0.717) is 0 Å². The van der Waals surface area contributed by atoms with E-state index in [4.69, 9.17) is 10.7 Å². The molecule has 0 unspecified atom stereocenters. The summed E-state index contributed by atoms with van der Waals surface area (Å²) in [7, 11) is 0. The molecule has 1 aliphatic rings. The SMILES string of the molecule is N#CC1(N/C=C\C(=N)[N+](=O)[O-])CC1. The van der Waals surface area contributed by atoms with Crippen molar-refractivity contribution < 1.29 is 4.92 Å². The van der Waals surface area contributed by atoms with Crippen LogP contribution in [-0.4, -0.2) is 16.3 Å². The molecule has 0 spiro atoms. The molecule has 0 aliphatic heterocycles. The number of hydrogen-bond acceptors (Lipinski definition) is 5. The van der Waals surface area contributed by atoms with E-state index in [1.54, 1.807) is 0 Å². The Morgan fingerprint density at radius 1 is 1.77 bits per heavy atom. The Labute approximate surface area is 74.5 Å².